The molecule has 1 aromatic carbocycles. The second-order valence-electron chi connectivity index (χ2n) is 3.55. The van der Waals surface area contributed by atoms with Gasteiger partial charge < -0.3 is 10.0 Å². The normalized spacial score (nSPS) is 9.71. The third-order valence-corrected chi connectivity index (χ3v) is 2.72. The molecule has 0 aliphatic rings. The van der Waals surface area contributed by atoms with Gasteiger partial charge in [0, 0.05) is 11.0 Å². The van der Waals surface area contributed by atoms with E-state index in [-0.39, 0.29) is 23.8 Å². The van der Waals surface area contributed by atoms with Crippen molar-refractivity contribution < 1.29 is 9.90 Å². The lowest BCUT2D eigenvalue weighted by Gasteiger charge is -2.19. The van der Waals surface area contributed by atoms with Crippen LogP contribution in [0.1, 0.15) is 23.7 Å². The molecule has 0 aliphatic heterocycles. The summed E-state index contributed by atoms with van der Waals surface area (Å²) in [7, 11) is 0. The highest BCUT2D eigenvalue weighted by atomic mass is 79.9. The summed E-state index contributed by atoms with van der Waals surface area (Å²) in [5, 5.41) is 18.3. The maximum atomic E-state index is 12.1. The average Bonchev–Trinajstić information content (AvgIpc) is 2.31. The lowest BCUT2D eigenvalue weighted by atomic mass is 10.1. The molecule has 4 nitrogen and oxygen atoms in total. The molecule has 90 valence electrons. The van der Waals surface area contributed by atoms with Crippen LogP contribution in [0.5, 0.6) is 5.75 Å². The third-order valence-electron chi connectivity index (χ3n) is 2.23. The summed E-state index contributed by atoms with van der Waals surface area (Å²) in [6, 6.07) is 6.61. The van der Waals surface area contributed by atoms with Gasteiger partial charge in [-0.1, -0.05) is 22.9 Å². The predicted octanol–water partition coefficient (Wildman–Crippen LogP) is 2.53. The van der Waals surface area contributed by atoms with E-state index >= 15 is 0 Å². The minimum Gasteiger partial charge on any atom is -0.507 e. The number of carbonyl (C=O) groups excluding carboxylic acids is 1. The van der Waals surface area contributed by atoms with Crippen LogP contribution in [0, 0.1) is 11.3 Å². The van der Waals surface area contributed by atoms with Gasteiger partial charge in [-0.25, -0.2) is 0 Å². The van der Waals surface area contributed by atoms with Gasteiger partial charge in [0.1, 0.15) is 12.3 Å². The number of benzene rings is 1. The molecule has 0 atom stereocenters. The minimum absolute atomic E-state index is 0.0264. The van der Waals surface area contributed by atoms with Crippen molar-refractivity contribution >= 4 is 21.8 Å². The van der Waals surface area contributed by atoms with Crippen molar-refractivity contribution in [3.8, 4) is 11.8 Å². The van der Waals surface area contributed by atoms with Crippen LogP contribution in [0.3, 0.4) is 0 Å². The zero-order valence-electron chi connectivity index (χ0n) is 9.48. The van der Waals surface area contributed by atoms with E-state index in [0.29, 0.717) is 11.0 Å². The number of amides is 1. The molecule has 17 heavy (non-hydrogen) atoms. The molecule has 1 aromatic rings. The van der Waals surface area contributed by atoms with Gasteiger partial charge in [-0.05, 0) is 24.6 Å². The second kappa shape index (κ2) is 6.26. The fraction of sp³-hybridized carbons (Fsp3) is 0.333. The van der Waals surface area contributed by atoms with Gasteiger partial charge in [0.05, 0.1) is 11.6 Å². The maximum Gasteiger partial charge on any atom is 0.258 e. The van der Waals surface area contributed by atoms with Crippen LogP contribution < -0.4 is 0 Å². The Labute approximate surface area is 109 Å². The molecule has 1 N–H and O–H groups in total. The first-order chi connectivity index (χ1) is 8.10. The van der Waals surface area contributed by atoms with Crippen LogP contribution in [0.4, 0.5) is 0 Å². The molecule has 0 unspecified atom stereocenters. The summed E-state index contributed by atoms with van der Waals surface area (Å²) in [4.78, 5) is 13.5. The number of hydrogen-bond donors (Lipinski definition) is 1. The van der Waals surface area contributed by atoms with E-state index in [9.17, 15) is 9.90 Å². The molecular weight excluding hydrogens is 284 g/mol. The molecule has 1 amide bonds. The highest BCUT2D eigenvalue weighted by molar-refractivity contribution is 9.10. The molecular formula is C12H13BrN2O2. The van der Waals surface area contributed by atoms with Crippen LogP contribution in [-0.4, -0.2) is 29.0 Å². The Hall–Kier alpha value is -1.54. The fourth-order valence-electron chi connectivity index (χ4n) is 1.46. The number of phenols is 1. The van der Waals surface area contributed by atoms with Gasteiger partial charge >= 0.3 is 0 Å². The minimum atomic E-state index is -0.327. The van der Waals surface area contributed by atoms with Crippen molar-refractivity contribution in [2.45, 2.75) is 13.3 Å². The zero-order valence-corrected chi connectivity index (χ0v) is 11.1. The van der Waals surface area contributed by atoms with Crippen molar-refractivity contribution in [1.82, 2.24) is 4.90 Å². The first kappa shape index (κ1) is 13.5. The summed E-state index contributed by atoms with van der Waals surface area (Å²) >= 11 is 3.24. The van der Waals surface area contributed by atoms with Crippen LogP contribution in [0.15, 0.2) is 22.7 Å². The van der Waals surface area contributed by atoms with Gasteiger partial charge in [0.25, 0.3) is 5.91 Å². The Balaban J connectivity index is 3.00. The van der Waals surface area contributed by atoms with E-state index in [1.54, 1.807) is 12.1 Å². The quantitative estimate of drug-likeness (QED) is 0.869. The molecule has 0 aliphatic carbocycles. The number of nitrogens with zero attached hydrogens (tertiary/aromatic N) is 2. The Morgan fingerprint density at radius 2 is 2.29 bits per heavy atom. The molecule has 0 saturated heterocycles. The van der Waals surface area contributed by atoms with Crippen LogP contribution in [0.25, 0.3) is 0 Å². The molecule has 0 spiro atoms. The van der Waals surface area contributed by atoms with Crippen molar-refractivity contribution in [3.05, 3.63) is 28.2 Å². The van der Waals surface area contributed by atoms with Crippen molar-refractivity contribution in [2.75, 3.05) is 13.1 Å². The second-order valence-corrected chi connectivity index (χ2v) is 4.46. The highest BCUT2D eigenvalue weighted by Gasteiger charge is 2.18. The number of hydrogen-bond acceptors (Lipinski definition) is 3. The largest absolute Gasteiger partial charge is 0.507 e. The SMILES string of the molecule is CCCN(CC#N)C(=O)c1cc(Br)ccc1O. The summed E-state index contributed by atoms with van der Waals surface area (Å²) < 4.78 is 0.715. The lowest BCUT2D eigenvalue weighted by molar-refractivity contribution is 0.0773. The fourth-order valence-corrected chi connectivity index (χ4v) is 1.82. The van der Waals surface area contributed by atoms with E-state index in [0.717, 1.165) is 6.42 Å². The molecule has 0 saturated carbocycles. The highest BCUT2D eigenvalue weighted by Crippen LogP contribution is 2.23. The number of nitriles is 1. The number of carbonyl (C=O) groups is 1. The molecule has 5 heteroatoms. The topological polar surface area (TPSA) is 64.3 Å². The molecule has 0 fully saturated rings. The first-order valence-electron chi connectivity index (χ1n) is 5.25. The summed E-state index contributed by atoms with van der Waals surface area (Å²) in [6.45, 7) is 2.45. The van der Waals surface area contributed by atoms with Crippen molar-refractivity contribution in [3.63, 3.8) is 0 Å². The smallest absolute Gasteiger partial charge is 0.258 e. The lowest BCUT2D eigenvalue weighted by Crippen LogP contribution is -2.32. The summed E-state index contributed by atoms with van der Waals surface area (Å²) in [5.41, 5.74) is 0.211. The number of aromatic hydroxyl groups is 1. The van der Waals surface area contributed by atoms with Gasteiger partial charge in [-0.15, -0.1) is 0 Å². The first-order valence-corrected chi connectivity index (χ1v) is 6.04. The van der Waals surface area contributed by atoms with Crippen molar-refractivity contribution in [2.24, 2.45) is 0 Å². The van der Waals surface area contributed by atoms with Gasteiger partial charge in [0.2, 0.25) is 0 Å². The Kier molecular flexibility index (Phi) is 4.98. The van der Waals surface area contributed by atoms with Crippen LogP contribution >= 0.6 is 15.9 Å². The molecule has 1 rings (SSSR count). The van der Waals surface area contributed by atoms with E-state index in [2.05, 4.69) is 15.9 Å². The van der Waals surface area contributed by atoms with E-state index in [4.69, 9.17) is 5.26 Å². The molecule has 0 heterocycles. The van der Waals surface area contributed by atoms with E-state index in [1.165, 1.54) is 11.0 Å². The Bertz CT molecular complexity index is 454. The number of phenolic OH excluding ortho intramolecular Hbond substituents is 1. The van der Waals surface area contributed by atoms with E-state index < -0.39 is 0 Å². The van der Waals surface area contributed by atoms with Crippen molar-refractivity contribution in [1.29, 1.82) is 5.26 Å². The van der Waals surface area contributed by atoms with Crippen LogP contribution in [-0.2, 0) is 0 Å². The zero-order chi connectivity index (χ0) is 12.8. The number of halogens is 1. The Morgan fingerprint density at radius 3 is 2.88 bits per heavy atom. The molecule has 0 aromatic heterocycles. The van der Waals surface area contributed by atoms with Gasteiger partial charge in [0.15, 0.2) is 0 Å². The average molecular weight is 297 g/mol. The standard InChI is InChI=1S/C12H13BrN2O2/c1-2-6-15(7-5-14)12(17)10-8-9(13)3-4-11(10)16/h3-4,8,16H,2,6-7H2,1H3. The van der Waals surface area contributed by atoms with Gasteiger partial charge in [-0.2, -0.15) is 5.26 Å². The summed E-state index contributed by atoms with van der Waals surface area (Å²) in [6.07, 6.45) is 0.766. The molecule has 0 bridgehead atoms. The third kappa shape index (κ3) is 3.46. The Morgan fingerprint density at radius 1 is 1.59 bits per heavy atom. The van der Waals surface area contributed by atoms with E-state index in [1.807, 2.05) is 13.0 Å². The predicted molar refractivity (Wildman–Crippen MR) is 67.6 cm³/mol. The monoisotopic (exact) mass is 296 g/mol. The maximum absolute atomic E-state index is 12.1. The number of rotatable bonds is 4. The van der Waals surface area contributed by atoms with Gasteiger partial charge in [-0.3, -0.25) is 4.79 Å². The summed E-state index contributed by atoms with van der Waals surface area (Å²) in [5.74, 6) is -0.399. The van der Waals surface area contributed by atoms with Crippen LogP contribution in [0.2, 0.25) is 0 Å². The molecule has 0 radical (unpaired) electrons.